The molecule has 0 bridgehead atoms. The van der Waals surface area contributed by atoms with Crippen LogP contribution in [0.1, 0.15) is 10.4 Å². The fraction of sp³-hybridized carbons (Fsp3) is 0. The van der Waals surface area contributed by atoms with E-state index in [0.29, 0.717) is 17.0 Å². The number of halogens is 1. The maximum atomic E-state index is 12.7. The second kappa shape index (κ2) is 4.65. The van der Waals surface area contributed by atoms with Crippen LogP contribution in [0.2, 0.25) is 0 Å². The first-order valence-corrected chi connectivity index (χ1v) is 4.98. The Hall–Kier alpha value is -2.36. The Morgan fingerprint density at radius 2 is 1.59 bits per heavy atom. The van der Waals surface area contributed by atoms with E-state index in [1.54, 1.807) is 24.3 Å². The molecule has 0 aliphatic rings. The summed E-state index contributed by atoms with van der Waals surface area (Å²) in [4.78, 5) is 11.6. The molecule has 2 N–H and O–H groups in total. The summed E-state index contributed by atoms with van der Waals surface area (Å²) >= 11 is 0. The molecule has 2 aromatic rings. The van der Waals surface area contributed by atoms with Crippen LogP contribution >= 0.6 is 0 Å². The van der Waals surface area contributed by atoms with Gasteiger partial charge in [0.25, 0.3) is 0 Å². The Balaban J connectivity index is 2.11. The first kappa shape index (κ1) is 11.1. The number of hydrogen-bond acceptors (Lipinski definition) is 3. The Morgan fingerprint density at radius 1 is 1.00 bits per heavy atom. The van der Waals surface area contributed by atoms with Gasteiger partial charge in [0.15, 0.2) is 0 Å². The van der Waals surface area contributed by atoms with E-state index in [1.807, 2.05) is 0 Å². The van der Waals surface area contributed by atoms with Crippen LogP contribution in [-0.2, 0) is 0 Å². The second-order valence-electron chi connectivity index (χ2n) is 3.47. The molecule has 0 fully saturated rings. The summed E-state index contributed by atoms with van der Waals surface area (Å²) in [6, 6.07) is 11.6. The van der Waals surface area contributed by atoms with Crippen LogP contribution in [0.5, 0.6) is 5.75 Å². The van der Waals surface area contributed by atoms with Crippen LogP contribution in [0.25, 0.3) is 0 Å². The van der Waals surface area contributed by atoms with Crippen LogP contribution in [0.3, 0.4) is 0 Å². The Bertz CT molecular complexity index is 520. The summed E-state index contributed by atoms with van der Waals surface area (Å²) < 4.78 is 17.7. The number of hydrogen-bond donors (Lipinski definition) is 1. The van der Waals surface area contributed by atoms with Gasteiger partial charge in [0, 0.05) is 5.69 Å². The Kier molecular flexibility index (Phi) is 3.05. The lowest BCUT2D eigenvalue weighted by molar-refractivity contribution is 0.0734. The molecule has 0 saturated heterocycles. The summed E-state index contributed by atoms with van der Waals surface area (Å²) in [7, 11) is 0. The molecule has 0 atom stereocenters. The predicted molar refractivity (Wildman–Crippen MR) is 62.2 cm³/mol. The second-order valence-corrected chi connectivity index (χ2v) is 3.47. The van der Waals surface area contributed by atoms with Gasteiger partial charge < -0.3 is 10.5 Å². The van der Waals surface area contributed by atoms with Crippen molar-refractivity contribution in [2.24, 2.45) is 0 Å². The molecule has 4 heteroatoms. The minimum Gasteiger partial charge on any atom is -0.423 e. The normalized spacial score (nSPS) is 9.94. The van der Waals surface area contributed by atoms with Crippen molar-refractivity contribution >= 4 is 11.7 Å². The smallest absolute Gasteiger partial charge is 0.343 e. The maximum absolute atomic E-state index is 12.7. The lowest BCUT2D eigenvalue weighted by Gasteiger charge is -2.04. The van der Waals surface area contributed by atoms with Gasteiger partial charge in [-0.2, -0.15) is 0 Å². The highest BCUT2D eigenvalue weighted by molar-refractivity contribution is 5.91. The molecule has 0 heterocycles. The van der Waals surface area contributed by atoms with Crippen molar-refractivity contribution in [1.29, 1.82) is 0 Å². The van der Waals surface area contributed by atoms with Crippen molar-refractivity contribution < 1.29 is 13.9 Å². The molecule has 0 saturated carbocycles. The van der Waals surface area contributed by atoms with Crippen molar-refractivity contribution in [3.63, 3.8) is 0 Å². The fourth-order valence-electron chi connectivity index (χ4n) is 1.29. The van der Waals surface area contributed by atoms with E-state index in [-0.39, 0.29) is 0 Å². The van der Waals surface area contributed by atoms with Gasteiger partial charge in [-0.05, 0) is 48.5 Å². The number of carbonyl (C=O) groups excluding carboxylic acids is 1. The molecule has 0 amide bonds. The van der Waals surface area contributed by atoms with Crippen molar-refractivity contribution in [2.75, 3.05) is 5.73 Å². The molecule has 17 heavy (non-hydrogen) atoms. The summed E-state index contributed by atoms with van der Waals surface area (Å²) in [5.74, 6) is -0.530. The van der Waals surface area contributed by atoms with E-state index in [2.05, 4.69) is 0 Å². The largest absolute Gasteiger partial charge is 0.423 e. The van der Waals surface area contributed by atoms with Gasteiger partial charge >= 0.3 is 5.97 Å². The van der Waals surface area contributed by atoms with E-state index in [0.717, 1.165) is 0 Å². The number of ether oxygens (including phenoxy) is 1. The van der Waals surface area contributed by atoms with Gasteiger partial charge in [0.05, 0.1) is 5.56 Å². The lowest BCUT2D eigenvalue weighted by Crippen LogP contribution is -2.08. The third kappa shape index (κ3) is 2.81. The van der Waals surface area contributed by atoms with Crippen molar-refractivity contribution in [2.45, 2.75) is 0 Å². The quantitative estimate of drug-likeness (QED) is 0.491. The average Bonchev–Trinajstić information content (AvgIpc) is 2.33. The number of anilines is 1. The SMILES string of the molecule is Nc1ccc(OC(=O)c2ccc(F)cc2)cc1. The zero-order chi connectivity index (χ0) is 12.3. The van der Waals surface area contributed by atoms with Gasteiger partial charge in [-0.1, -0.05) is 0 Å². The van der Waals surface area contributed by atoms with E-state index >= 15 is 0 Å². The van der Waals surface area contributed by atoms with Gasteiger partial charge in [-0.3, -0.25) is 0 Å². The zero-order valence-electron chi connectivity index (χ0n) is 8.89. The molecule has 2 rings (SSSR count). The van der Waals surface area contributed by atoms with E-state index in [9.17, 15) is 9.18 Å². The molecule has 0 aliphatic carbocycles. The van der Waals surface area contributed by atoms with Crippen LogP contribution in [0.15, 0.2) is 48.5 Å². The highest BCUT2D eigenvalue weighted by atomic mass is 19.1. The first-order chi connectivity index (χ1) is 8.15. The Labute approximate surface area is 97.6 Å². The minimum atomic E-state index is -0.533. The predicted octanol–water partition coefficient (Wildman–Crippen LogP) is 2.63. The maximum Gasteiger partial charge on any atom is 0.343 e. The van der Waals surface area contributed by atoms with Crippen LogP contribution in [0, 0.1) is 5.82 Å². The highest BCUT2D eigenvalue weighted by Crippen LogP contribution is 2.15. The minimum absolute atomic E-state index is 0.295. The lowest BCUT2D eigenvalue weighted by atomic mass is 10.2. The molecule has 0 spiro atoms. The molecule has 0 aliphatic heterocycles. The number of esters is 1. The summed E-state index contributed by atoms with van der Waals surface area (Å²) in [5.41, 5.74) is 6.39. The van der Waals surface area contributed by atoms with Crippen LogP contribution in [-0.4, -0.2) is 5.97 Å². The molecule has 0 aromatic heterocycles. The number of carbonyl (C=O) groups is 1. The number of nitrogen functional groups attached to an aromatic ring is 1. The van der Waals surface area contributed by atoms with Crippen molar-refractivity contribution in [1.82, 2.24) is 0 Å². The van der Waals surface area contributed by atoms with Gasteiger partial charge in [0.1, 0.15) is 11.6 Å². The molecule has 3 nitrogen and oxygen atoms in total. The van der Waals surface area contributed by atoms with E-state index < -0.39 is 11.8 Å². The van der Waals surface area contributed by atoms with Crippen LogP contribution in [0.4, 0.5) is 10.1 Å². The van der Waals surface area contributed by atoms with Gasteiger partial charge in [0.2, 0.25) is 0 Å². The Morgan fingerprint density at radius 3 is 2.18 bits per heavy atom. The van der Waals surface area contributed by atoms with Gasteiger partial charge in [-0.15, -0.1) is 0 Å². The van der Waals surface area contributed by atoms with E-state index in [1.165, 1.54) is 24.3 Å². The van der Waals surface area contributed by atoms with Gasteiger partial charge in [-0.25, -0.2) is 9.18 Å². The van der Waals surface area contributed by atoms with Crippen LogP contribution < -0.4 is 10.5 Å². The monoisotopic (exact) mass is 231 g/mol. The molecule has 2 aromatic carbocycles. The molecule has 86 valence electrons. The molecular weight excluding hydrogens is 221 g/mol. The standard InChI is InChI=1S/C13H10FNO2/c14-10-3-1-9(2-4-10)13(16)17-12-7-5-11(15)6-8-12/h1-8H,15H2. The fourth-order valence-corrected chi connectivity index (χ4v) is 1.29. The third-order valence-electron chi connectivity index (χ3n) is 2.17. The first-order valence-electron chi connectivity index (χ1n) is 4.98. The topological polar surface area (TPSA) is 52.3 Å². The van der Waals surface area contributed by atoms with Crippen molar-refractivity contribution in [3.05, 3.63) is 59.9 Å². The average molecular weight is 231 g/mol. The number of nitrogens with two attached hydrogens (primary N) is 1. The third-order valence-corrected chi connectivity index (χ3v) is 2.17. The number of rotatable bonds is 2. The summed E-state index contributed by atoms with van der Waals surface area (Å²) in [5, 5.41) is 0. The molecule has 0 unspecified atom stereocenters. The zero-order valence-corrected chi connectivity index (χ0v) is 8.89. The van der Waals surface area contributed by atoms with E-state index in [4.69, 9.17) is 10.5 Å². The molecule has 0 radical (unpaired) electrons. The summed E-state index contributed by atoms with van der Waals surface area (Å²) in [6.45, 7) is 0. The van der Waals surface area contributed by atoms with Crippen molar-refractivity contribution in [3.8, 4) is 5.75 Å². The molecular formula is C13H10FNO2. The highest BCUT2D eigenvalue weighted by Gasteiger charge is 2.08. The summed E-state index contributed by atoms with van der Waals surface area (Å²) in [6.07, 6.45) is 0. The number of benzene rings is 2.